The summed E-state index contributed by atoms with van der Waals surface area (Å²) >= 11 is 0. The number of aryl methyl sites for hydroxylation is 1. The van der Waals surface area contributed by atoms with E-state index < -0.39 is 17.9 Å². The Balaban J connectivity index is 1.44. The second-order valence-electron chi connectivity index (χ2n) is 8.29. The Labute approximate surface area is 159 Å². The molecule has 2 saturated heterocycles. The highest BCUT2D eigenvalue weighted by Crippen LogP contribution is 2.43. The van der Waals surface area contributed by atoms with E-state index >= 15 is 0 Å². The summed E-state index contributed by atoms with van der Waals surface area (Å²) in [7, 11) is 0. The lowest BCUT2D eigenvalue weighted by Gasteiger charge is -2.27. The Kier molecular flexibility index (Phi) is 4.66. The lowest BCUT2D eigenvalue weighted by Crippen LogP contribution is -2.46. The van der Waals surface area contributed by atoms with Crippen molar-refractivity contribution in [1.29, 1.82) is 0 Å². The smallest absolute Gasteiger partial charge is 0.326 e. The molecule has 3 aliphatic rings. The van der Waals surface area contributed by atoms with Gasteiger partial charge in [0.15, 0.2) is 0 Å². The number of fused-ring (bicyclic) bond motifs is 1. The number of carboxylic acid groups (broad SMARTS) is 1. The molecular formula is C21H26N2O4. The van der Waals surface area contributed by atoms with Gasteiger partial charge in [0.05, 0.1) is 5.92 Å². The second kappa shape index (κ2) is 6.98. The minimum absolute atomic E-state index is 0.0276. The predicted octanol–water partition coefficient (Wildman–Crippen LogP) is 2.06. The van der Waals surface area contributed by atoms with Gasteiger partial charge < -0.3 is 14.9 Å². The van der Waals surface area contributed by atoms with Crippen molar-refractivity contribution in [3.63, 3.8) is 0 Å². The Bertz CT molecular complexity index is 760. The highest BCUT2D eigenvalue weighted by molar-refractivity contribution is 5.92. The molecule has 0 bridgehead atoms. The molecule has 4 rings (SSSR count). The summed E-state index contributed by atoms with van der Waals surface area (Å²) in [4.78, 5) is 40.6. The quantitative estimate of drug-likeness (QED) is 0.880. The molecule has 27 heavy (non-hydrogen) atoms. The first-order chi connectivity index (χ1) is 12.9. The molecule has 6 nitrogen and oxygen atoms in total. The molecule has 3 fully saturated rings. The molecule has 0 spiro atoms. The Hall–Kier alpha value is -2.37. The van der Waals surface area contributed by atoms with Gasteiger partial charge in [-0.15, -0.1) is 0 Å². The zero-order chi connectivity index (χ0) is 19.1. The first kappa shape index (κ1) is 18.0. The van der Waals surface area contributed by atoms with Crippen molar-refractivity contribution in [1.82, 2.24) is 9.80 Å². The molecule has 1 aliphatic carbocycles. The lowest BCUT2D eigenvalue weighted by molar-refractivity contribution is -0.151. The van der Waals surface area contributed by atoms with Crippen LogP contribution in [0.4, 0.5) is 0 Å². The van der Waals surface area contributed by atoms with Crippen molar-refractivity contribution >= 4 is 17.8 Å². The number of carbonyl (C=O) groups excluding carboxylic acids is 2. The monoisotopic (exact) mass is 370 g/mol. The third kappa shape index (κ3) is 3.33. The van der Waals surface area contributed by atoms with E-state index in [9.17, 15) is 19.5 Å². The van der Waals surface area contributed by atoms with E-state index in [0.717, 1.165) is 24.8 Å². The topological polar surface area (TPSA) is 77.9 Å². The number of carboxylic acids is 1. The van der Waals surface area contributed by atoms with Crippen molar-refractivity contribution in [2.24, 2.45) is 17.8 Å². The molecule has 1 aromatic rings. The minimum atomic E-state index is -0.904. The van der Waals surface area contributed by atoms with Crippen molar-refractivity contribution < 1.29 is 19.5 Å². The number of hydrogen-bond acceptors (Lipinski definition) is 3. The van der Waals surface area contributed by atoms with Gasteiger partial charge in [-0.2, -0.15) is 0 Å². The van der Waals surface area contributed by atoms with Gasteiger partial charge in [0.1, 0.15) is 6.04 Å². The summed E-state index contributed by atoms with van der Waals surface area (Å²) in [5, 5.41) is 9.67. The molecule has 2 aliphatic heterocycles. The van der Waals surface area contributed by atoms with Crippen molar-refractivity contribution in [2.45, 2.75) is 45.2 Å². The van der Waals surface area contributed by atoms with Crippen LogP contribution in [0.15, 0.2) is 24.3 Å². The molecule has 144 valence electrons. The number of carbonyl (C=O) groups is 3. The predicted molar refractivity (Wildman–Crippen MR) is 98.7 cm³/mol. The summed E-state index contributed by atoms with van der Waals surface area (Å²) in [5.74, 6) is -1.14. The highest BCUT2D eigenvalue weighted by Gasteiger charge is 2.51. The summed E-state index contributed by atoms with van der Waals surface area (Å²) in [5.41, 5.74) is 2.21. The standard InChI is InChI=1S/C21H26N2O4/c1-13-5-7-14(8-6-13)10-22-11-16(9-18(22)24)20(25)23-12-15-3-2-4-17(15)19(23)21(26)27/h5-8,15-17,19H,2-4,9-12H2,1H3,(H,26,27). The first-order valence-corrected chi connectivity index (χ1v) is 9.80. The number of rotatable bonds is 4. The third-order valence-corrected chi connectivity index (χ3v) is 6.48. The molecule has 6 heteroatoms. The lowest BCUT2D eigenvalue weighted by atomic mass is 9.94. The number of nitrogens with zero attached hydrogens (tertiary/aromatic N) is 2. The van der Waals surface area contributed by atoms with Crippen LogP contribution in [0.25, 0.3) is 0 Å². The molecule has 4 atom stereocenters. The minimum Gasteiger partial charge on any atom is -0.480 e. The van der Waals surface area contributed by atoms with E-state index in [2.05, 4.69) is 0 Å². The van der Waals surface area contributed by atoms with Crippen LogP contribution in [0.1, 0.15) is 36.8 Å². The zero-order valence-electron chi connectivity index (χ0n) is 15.6. The molecule has 2 amide bonds. The van der Waals surface area contributed by atoms with E-state index in [1.165, 1.54) is 5.56 Å². The van der Waals surface area contributed by atoms with Gasteiger partial charge in [-0.1, -0.05) is 36.2 Å². The Morgan fingerprint density at radius 1 is 1.15 bits per heavy atom. The van der Waals surface area contributed by atoms with E-state index in [0.29, 0.717) is 25.6 Å². The fourth-order valence-corrected chi connectivity index (χ4v) is 5.09. The average molecular weight is 370 g/mol. The maximum atomic E-state index is 13.1. The third-order valence-electron chi connectivity index (χ3n) is 6.48. The van der Waals surface area contributed by atoms with E-state index in [1.54, 1.807) is 9.80 Å². The molecule has 1 aromatic carbocycles. The fourth-order valence-electron chi connectivity index (χ4n) is 5.09. The molecular weight excluding hydrogens is 344 g/mol. The molecule has 0 aromatic heterocycles. The molecule has 4 unspecified atom stereocenters. The van der Waals surface area contributed by atoms with Crippen LogP contribution in [0.2, 0.25) is 0 Å². The van der Waals surface area contributed by atoms with Crippen LogP contribution >= 0.6 is 0 Å². The second-order valence-corrected chi connectivity index (χ2v) is 8.29. The van der Waals surface area contributed by atoms with Crippen LogP contribution in [-0.4, -0.2) is 51.8 Å². The fraction of sp³-hybridized carbons (Fsp3) is 0.571. The van der Waals surface area contributed by atoms with Crippen molar-refractivity contribution in [3.8, 4) is 0 Å². The van der Waals surface area contributed by atoms with Crippen LogP contribution in [0.5, 0.6) is 0 Å². The first-order valence-electron chi connectivity index (χ1n) is 9.80. The zero-order valence-corrected chi connectivity index (χ0v) is 15.6. The van der Waals surface area contributed by atoms with Crippen molar-refractivity contribution in [2.75, 3.05) is 13.1 Å². The van der Waals surface area contributed by atoms with Crippen molar-refractivity contribution in [3.05, 3.63) is 35.4 Å². The summed E-state index contributed by atoms with van der Waals surface area (Å²) in [6.45, 7) is 3.42. The maximum absolute atomic E-state index is 13.1. The van der Waals surface area contributed by atoms with Gasteiger partial charge in [0, 0.05) is 26.1 Å². The SMILES string of the molecule is Cc1ccc(CN2CC(C(=O)N3CC4CCCC4C3C(=O)O)CC2=O)cc1. The molecule has 1 N–H and O–H groups in total. The van der Waals surface area contributed by atoms with E-state index in [-0.39, 0.29) is 24.2 Å². The molecule has 1 saturated carbocycles. The average Bonchev–Trinajstić information content (AvgIpc) is 3.30. The summed E-state index contributed by atoms with van der Waals surface area (Å²) in [6.07, 6.45) is 3.12. The van der Waals surface area contributed by atoms with E-state index in [4.69, 9.17) is 0 Å². The van der Waals surface area contributed by atoms with Gasteiger partial charge in [-0.25, -0.2) is 4.79 Å². The van der Waals surface area contributed by atoms with Crippen LogP contribution in [-0.2, 0) is 20.9 Å². The number of amides is 2. The number of likely N-dealkylation sites (tertiary alicyclic amines) is 2. The highest BCUT2D eigenvalue weighted by atomic mass is 16.4. The molecule has 0 radical (unpaired) electrons. The van der Waals surface area contributed by atoms with Gasteiger partial charge in [-0.05, 0) is 37.2 Å². The number of benzene rings is 1. The van der Waals surface area contributed by atoms with Crippen LogP contribution in [0.3, 0.4) is 0 Å². The number of hydrogen-bond donors (Lipinski definition) is 1. The van der Waals surface area contributed by atoms with Gasteiger partial charge in [0.2, 0.25) is 11.8 Å². The van der Waals surface area contributed by atoms with Gasteiger partial charge >= 0.3 is 5.97 Å². The molecule has 2 heterocycles. The summed E-state index contributed by atoms with van der Waals surface area (Å²) < 4.78 is 0. The largest absolute Gasteiger partial charge is 0.480 e. The number of aliphatic carboxylic acids is 1. The Morgan fingerprint density at radius 2 is 1.89 bits per heavy atom. The van der Waals surface area contributed by atoms with Crippen LogP contribution in [0, 0.1) is 24.7 Å². The van der Waals surface area contributed by atoms with Gasteiger partial charge in [0.25, 0.3) is 0 Å². The Morgan fingerprint density at radius 3 is 2.59 bits per heavy atom. The maximum Gasteiger partial charge on any atom is 0.326 e. The van der Waals surface area contributed by atoms with E-state index in [1.807, 2.05) is 31.2 Å². The van der Waals surface area contributed by atoms with Crippen LogP contribution < -0.4 is 0 Å². The van der Waals surface area contributed by atoms with Gasteiger partial charge in [-0.3, -0.25) is 9.59 Å². The summed E-state index contributed by atoms with van der Waals surface area (Å²) in [6, 6.07) is 7.31. The normalized spacial score (nSPS) is 30.0.